The van der Waals surface area contributed by atoms with Crippen LogP contribution < -0.4 is 4.90 Å². The number of Topliss-reactive ketones (excluding diaryl/α,β-unsaturated/α-hetero) is 1. The maximum atomic E-state index is 13.2. The Morgan fingerprint density at radius 3 is 2.15 bits per heavy atom. The average Bonchev–Trinajstić information content (AvgIpc) is 3.25. The fraction of sp³-hybridized carbons (Fsp3) is 0.0312. The van der Waals surface area contributed by atoms with Gasteiger partial charge in [-0.3, -0.25) is 14.4 Å². The van der Waals surface area contributed by atoms with Gasteiger partial charge in [0.2, 0.25) is 5.78 Å². The molecule has 0 fully saturated rings. The van der Waals surface area contributed by atoms with Crippen LogP contribution in [0, 0.1) is 0 Å². The molecule has 0 radical (unpaired) electrons. The minimum atomic E-state index is -0.733. The standard InChI is InChI=1S/C32H19BrN2O6/c33-19-11-14-26-24(15-19)25(32(40)41-17-29(37)23-7-3-4-8-28(23)36)16-27(34-26)18-9-12-20(13-10-18)35-30(38)21-5-1-2-6-22(21)31(35)39/h1-16,36H,17H2. The van der Waals surface area contributed by atoms with E-state index >= 15 is 0 Å². The molecule has 0 aliphatic carbocycles. The van der Waals surface area contributed by atoms with Crippen LogP contribution in [0.1, 0.15) is 41.4 Å². The predicted octanol–water partition coefficient (Wildman–Crippen LogP) is 6.21. The highest BCUT2D eigenvalue weighted by Crippen LogP contribution is 2.32. The van der Waals surface area contributed by atoms with E-state index in [9.17, 15) is 24.3 Å². The van der Waals surface area contributed by atoms with E-state index in [0.29, 0.717) is 39.0 Å². The Hall–Kier alpha value is -5.15. The number of carbonyl (C=O) groups excluding carboxylic acids is 4. The molecule has 0 bridgehead atoms. The number of phenols is 1. The lowest BCUT2D eigenvalue weighted by Crippen LogP contribution is -2.29. The van der Waals surface area contributed by atoms with Crippen LogP contribution in [0.4, 0.5) is 5.69 Å². The van der Waals surface area contributed by atoms with Gasteiger partial charge in [0, 0.05) is 15.4 Å². The van der Waals surface area contributed by atoms with Crippen LogP contribution in [-0.2, 0) is 4.74 Å². The number of rotatable bonds is 6. The number of ether oxygens (including phenoxy) is 1. The van der Waals surface area contributed by atoms with Crippen LogP contribution >= 0.6 is 15.9 Å². The zero-order valence-electron chi connectivity index (χ0n) is 21.2. The number of phenolic OH excluding ortho intramolecular Hbond substituents is 1. The molecular weight excluding hydrogens is 588 g/mol. The molecule has 200 valence electrons. The highest BCUT2D eigenvalue weighted by molar-refractivity contribution is 9.10. The number of hydrogen-bond acceptors (Lipinski definition) is 7. The molecule has 1 aliphatic rings. The molecule has 0 saturated carbocycles. The molecule has 5 aromatic rings. The Labute approximate surface area is 242 Å². The van der Waals surface area contributed by atoms with Gasteiger partial charge in [0.1, 0.15) is 5.75 Å². The van der Waals surface area contributed by atoms with Gasteiger partial charge in [-0.2, -0.15) is 0 Å². The van der Waals surface area contributed by atoms with E-state index in [0.717, 1.165) is 9.37 Å². The first-order chi connectivity index (χ1) is 19.8. The van der Waals surface area contributed by atoms with E-state index in [2.05, 4.69) is 15.9 Å². The van der Waals surface area contributed by atoms with Crippen molar-refractivity contribution < 1.29 is 29.0 Å². The molecular formula is C32H19BrN2O6. The number of fused-ring (bicyclic) bond motifs is 2. The number of imide groups is 1. The van der Waals surface area contributed by atoms with Crippen LogP contribution in [-0.4, -0.2) is 40.3 Å². The van der Waals surface area contributed by atoms with Crippen LogP contribution in [0.3, 0.4) is 0 Å². The molecule has 0 atom stereocenters. The van der Waals surface area contributed by atoms with Crippen molar-refractivity contribution in [1.82, 2.24) is 4.98 Å². The number of esters is 1. The number of benzene rings is 4. The Morgan fingerprint density at radius 2 is 1.46 bits per heavy atom. The van der Waals surface area contributed by atoms with Crippen molar-refractivity contribution in [3.05, 3.63) is 124 Å². The van der Waals surface area contributed by atoms with E-state index < -0.39 is 30.2 Å². The first-order valence-corrected chi connectivity index (χ1v) is 13.3. The summed E-state index contributed by atoms with van der Waals surface area (Å²) in [6, 6.07) is 26.3. The third-order valence-corrected chi connectivity index (χ3v) is 7.24. The molecule has 4 aromatic carbocycles. The largest absolute Gasteiger partial charge is 0.507 e. The second-order valence-electron chi connectivity index (χ2n) is 9.27. The first-order valence-electron chi connectivity index (χ1n) is 12.5. The number of aromatic nitrogens is 1. The summed E-state index contributed by atoms with van der Waals surface area (Å²) in [5.41, 5.74) is 2.98. The first kappa shape index (κ1) is 26.1. The lowest BCUT2D eigenvalue weighted by molar-refractivity contribution is 0.0475. The molecule has 8 nitrogen and oxygen atoms in total. The minimum Gasteiger partial charge on any atom is -0.507 e. The van der Waals surface area contributed by atoms with Gasteiger partial charge in [0.05, 0.1) is 39.2 Å². The van der Waals surface area contributed by atoms with E-state index in [-0.39, 0.29) is 16.9 Å². The van der Waals surface area contributed by atoms with Crippen molar-refractivity contribution in [3.8, 4) is 17.0 Å². The molecule has 41 heavy (non-hydrogen) atoms. The summed E-state index contributed by atoms with van der Waals surface area (Å²) in [7, 11) is 0. The number of hydrogen-bond donors (Lipinski definition) is 1. The maximum Gasteiger partial charge on any atom is 0.339 e. The number of aromatic hydroxyl groups is 1. The summed E-state index contributed by atoms with van der Waals surface area (Å²) in [6.07, 6.45) is 0. The molecule has 2 amide bonds. The third kappa shape index (κ3) is 4.76. The lowest BCUT2D eigenvalue weighted by Gasteiger charge is -2.15. The summed E-state index contributed by atoms with van der Waals surface area (Å²) in [6.45, 7) is -0.557. The Balaban J connectivity index is 1.30. The molecule has 0 saturated heterocycles. The molecule has 9 heteroatoms. The van der Waals surface area contributed by atoms with Gasteiger partial charge in [0.25, 0.3) is 11.8 Å². The predicted molar refractivity (Wildman–Crippen MR) is 155 cm³/mol. The molecule has 0 unspecified atom stereocenters. The van der Waals surface area contributed by atoms with E-state index in [4.69, 9.17) is 9.72 Å². The van der Waals surface area contributed by atoms with Crippen molar-refractivity contribution in [1.29, 1.82) is 0 Å². The van der Waals surface area contributed by atoms with Crippen molar-refractivity contribution in [2.45, 2.75) is 0 Å². The molecule has 2 heterocycles. The van der Waals surface area contributed by atoms with Gasteiger partial charge in [0.15, 0.2) is 6.61 Å². The second kappa shape index (κ2) is 10.4. The molecule has 1 aliphatic heterocycles. The summed E-state index contributed by atoms with van der Waals surface area (Å²) in [5.74, 6) is -2.26. The summed E-state index contributed by atoms with van der Waals surface area (Å²) in [4.78, 5) is 57.4. The van der Waals surface area contributed by atoms with E-state index in [1.54, 1.807) is 84.9 Å². The summed E-state index contributed by atoms with van der Waals surface area (Å²) < 4.78 is 6.08. The van der Waals surface area contributed by atoms with Crippen molar-refractivity contribution in [3.63, 3.8) is 0 Å². The van der Waals surface area contributed by atoms with Crippen LogP contribution in [0.5, 0.6) is 5.75 Å². The monoisotopic (exact) mass is 606 g/mol. The second-order valence-corrected chi connectivity index (χ2v) is 10.2. The zero-order valence-corrected chi connectivity index (χ0v) is 22.8. The van der Waals surface area contributed by atoms with E-state index in [1.165, 1.54) is 12.1 Å². The minimum absolute atomic E-state index is 0.0569. The third-order valence-electron chi connectivity index (χ3n) is 6.74. The maximum absolute atomic E-state index is 13.2. The normalized spacial score (nSPS) is 12.5. The van der Waals surface area contributed by atoms with Gasteiger partial charge >= 0.3 is 5.97 Å². The smallest absolute Gasteiger partial charge is 0.339 e. The van der Waals surface area contributed by atoms with Crippen molar-refractivity contribution >= 4 is 56.1 Å². The van der Waals surface area contributed by atoms with Crippen molar-refractivity contribution in [2.75, 3.05) is 11.5 Å². The van der Waals surface area contributed by atoms with Gasteiger partial charge < -0.3 is 9.84 Å². The zero-order chi connectivity index (χ0) is 28.7. The van der Waals surface area contributed by atoms with Crippen LogP contribution in [0.15, 0.2) is 102 Å². The highest BCUT2D eigenvalue weighted by Gasteiger charge is 2.36. The number of ketones is 1. The molecule has 6 rings (SSSR count). The highest BCUT2D eigenvalue weighted by atomic mass is 79.9. The number of pyridine rings is 1. The number of carbonyl (C=O) groups is 4. The number of halogens is 1. The Kier molecular flexibility index (Phi) is 6.64. The molecule has 0 spiro atoms. The topological polar surface area (TPSA) is 114 Å². The summed E-state index contributed by atoms with van der Waals surface area (Å²) in [5, 5.41) is 10.5. The van der Waals surface area contributed by atoms with Crippen LogP contribution in [0.2, 0.25) is 0 Å². The van der Waals surface area contributed by atoms with E-state index in [1.807, 2.05) is 0 Å². The number of nitrogens with zero attached hydrogens (tertiary/aromatic N) is 2. The summed E-state index contributed by atoms with van der Waals surface area (Å²) >= 11 is 3.42. The molecule has 1 N–H and O–H groups in total. The Bertz CT molecular complexity index is 1870. The van der Waals surface area contributed by atoms with Gasteiger partial charge in [-0.25, -0.2) is 14.7 Å². The Morgan fingerprint density at radius 1 is 0.805 bits per heavy atom. The van der Waals surface area contributed by atoms with Crippen LogP contribution in [0.25, 0.3) is 22.2 Å². The van der Waals surface area contributed by atoms with Crippen molar-refractivity contribution in [2.24, 2.45) is 0 Å². The van der Waals surface area contributed by atoms with Gasteiger partial charge in [-0.05, 0) is 60.7 Å². The SMILES string of the molecule is O=C(COC(=O)c1cc(-c2ccc(N3C(=O)c4ccccc4C3=O)cc2)nc2ccc(Br)cc12)c1ccccc1O. The fourth-order valence-electron chi connectivity index (χ4n) is 4.72. The fourth-order valence-corrected chi connectivity index (χ4v) is 5.08. The molecule has 1 aromatic heterocycles. The quantitative estimate of drug-likeness (QED) is 0.139. The number of anilines is 1. The number of para-hydroxylation sites is 1. The number of amides is 2. The van der Waals surface area contributed by atoms with Gasteiger partial charge in [-0.15, -0.1) is 0 Å². The lowest BCUT2D eigenvalue weighted by atomic mass is 10.0. The van der Waals surface area contributed by atoms with Gasteiger partial charge in [-0.1, -0.05) is 52.3 Å². The average molecular weight is 607 g/mol.